The van der Waals surface area contributed by atoms with Crippen LogP contribution in [-0.2, 0) is 0 Å². The van der Waals surface area contributed by atoms with Crippen LogP contribution in [0.2, 0.25) is 0 Å². The Labute approximate surface area is 111 Å². The average Bonchev–Trinajstić information content (AvgIpc) is 2.41. The molecule has 0 unspecified atom stereocenters. The number of anilines is 3. The number of rotatable bonds is 4. The van der Waals surface area contributed by atoms with Crippen molar-refractivity contribution in [2.24, 2.45) is 5.73 Å². The van der Waals surface area contributed by atoms with Crippen LogP contribution in [0, 0.1) is 0 Å². The van der Waals surface area contributed by atoms with Gasteiger partial charge in [0, 0.05) is 11.8 Å². The molecule has 0 atom stereocenters. The molecule has 98 valence electrons. The largest absolute Gasteiger partial charge is 0.497 e. The zero-order valence-corrected chi connectivity index (χ0v) is 10.5. The third kappa shape index (κ3) is 2.77. The smallest absolute Gasteiger partial charge is 0.250 e. The van der Waals surface area contributed by atoms with Crippen LogP contribution < -0.4 is 21.5 Å². The molecule has 0 fully saturated rings. The molecule has 0 spiro atoms. The van der Waals surface area contributed by atoms with Crippen molar-refractivity contribution < 1.29 is 9.53 Å². The van der Waals surface area contributed by atoms with E-state index in [1.54, 1.807) is 31.4 Å². The first-order valence-electron chi connectivity index (χ1n) is 5.71. The van der Waals surface area contributed by atoms with Gasteiger partial charge < -0.3 is 21.5 Å². The molecule has 0 bridgehead atoms. The molecular formula is C14H15N3O2. The lowest BCUT2D eigenvalue weighted by Gasteiger charge is -2.13. The van der Waals surface area contributed by atoms with Crippen LogP contribution in [0.3, 0.4) is 0 Å². The zero-order valence-electron chi connectivity index (χ0n) is 10.5. The predicted octanol–water partition coefficient (Wildman–Crippen LogP) is 2.12. The van der Waals surface area contributed by atoms with Gasteiger partial charge >= 0.3 is 0 Å². The van der Waals surface area contributed by atoms with Crippen molar-refractivity contribution in [3.8, 4) is 5.75 Å². The molecule has 2 aromatic carbocycles. The SMILES string of the molecule is COc1cccc(Nc2c(N)cccc2C(N)=O)c1. The first kappa shape index (κ1) is 12.8. The topological polar surface area (TPSA) is 90.4 Å². The first-order chi connectivity index (χ1) is 9.11. The van der Waals surface area contributed by atoms with E-state index in [0.717, 1.165) is 5.69 Å². The number of methoxy groups -OCH3 is 1. The molecule has 0 aliphatic rings. The molecular weight excluding hydrogens is 242 g/mol. The van der Waals surface area contributed by atoms with E-state index in [0.29, 0.717) is 22.7 Å². The summed E-state index contributed by atoms with van der Waals surface area (Å²) in [6.07, 6.45) is 0. The van der Waals surface area contributed by atoms with Gasteiger partial charge in [-0.2, -0.15) is 0 Å². The van der Waals surface area contributed by atoms with Gasteiger partial charge in [-0.1, -0.05) is 12.1 Å². The van der Waals surface area contributed by atoms with Crippen LogP contribution in [0.25, 0.3) is 0 Å². The van der Waals surface area contributed by atoms with Crippen LogP contribution in [0.5, 0.6) is 5.75 Å². The summed E-state index contributed by atoms with van der Waals surface area (Å²) in [7, 11) is 1.59. The Morgan fingerprint density at radius 2 is 1.95 bits per heavy atom. The highest BCUT2D eigenvalue weighted by Crippen LogP contribution is 2.28. The summed E-state index contributed by atoms with van der Waals surface area (Å²) >= 11 is 0. The number of nitrogens with two attached hydrogens (primary N) is 2. The molecule has 0 saturated carbocycles. The molecule has 0 aromatic heterocycles. The van der Waals surface area contributed by atoms with E-state index in [4.69, 9.17) is 16.2 Å². The molecule has 5 heteroatoms. The number of amides is 1. The minimum atomic E-state index is -0.530. The molecule has 0 radical (unpaired) electrons. The highest BCUT2D eigenvalue weighted by atomic mass is 16.5. The number of hydrogen-bond donors (Lipinski definition) is 3. The maximum atomic E-state index is 11.4. The number of hydrogen-bond acceptors (Lipinski definition) is 4. The maximum Gasteiger partial charge on any atom is 0.250 e. The molecule has 2 rings (SSSR count). The van der Waals surface area contributed by atoms with Crippen LogP contribution in [0.1, 0.15) is 10.4 Å². The van der Waals surface area contributed by atoms with Crippen molar-refractivity contribution in [3.63, 3.8) is 0 Å². The quantitative estimate of drug-likeness (QED) is 0.732. The lowest BCUT2D eigenvalue weighted by atomic mass is 10.1. The number of ether oxygens (including phenoxy) is 1. The Hall–Kier alpha value is -2.69. The third-order valence-electron chi connectivity index (χ3n) is 2.70. The summed E-state index contributed by atoms with van der Waals surface area (Å²) in [5, 5.41) is 3.09. The van der Waals surface area contributed by atoms with Crippen molar-refractivity contribution in [1.29, 1.82) is 0 Å². The zero-order chi connectivity index (χ0) is 13.8. The van der Waals surface area contributed by atoms with Gasteiger partial charge in [0.25, 0.3) is 5.91 Å². The predicted molar refractivity (Wildman–Crippen MR) is 75.6 cm³/mol. The van der Waals surface area contributed by atoms with Crippen molar-refractivity contribution >= 4 is 23.0 Å². The molecule has 0 aliphatic heterocycles. The highest BCUT2D eigenvalue weighted by Gasteiger charge is 2.11. The second kappa shape index (κ2) is 5.30. The molecule has 5 nitrogen and oxygen atoms in total. The van der Waals surface area contributed by atoms with Gasteiger partial charge in [-0.3, -0.25) is 4.79 Å². The lowest BCUT2D eigenvalue weighted by Crippen LogP contribution is -2.14. The number of carbonyl (C=O) groups excluding carboxylic acids is 1. The minimum Gasteiger partial charge on any atom is -0.497 e. The molecule has 5 N–H and O–H groups in total. The molecule has 0 saturated heterocycles. The minimum absolute atomic E-state index is 0.350. The van der Waals surface area contributed by atoms with E-state index in [-0.39, 0.29) is 0 Å². The van der Waals surface area contributed by atoms with Crippen LogP contribution in [-0.4, -0.2) is 13.0 Å². The summed E-state index contributed by atoms with van der Waals surface area (Å²) < 4.78 is 5.14. The fraction of sp³-hybridized carbons (Fsp3) is 0.0714. The lowest BCUT2D eigenvalue weighted by molar-refractivity contribution is 0.100. The van der Waals surface area contributed by atoms with E-state index >= 15 is 0 Å². The van der Waals surface area contributed by atoms with Gasteiger partial charge in [0.15, 0.2) is 0 Å². The monoisotopic (exact) mass is 257 g/mol. The molecule has 19 heavy (non-hydrogen) atoms. The van der Waals surface area contributed by atoms with Crippen LogP contribution in [0.4, 0.5) is 17.1 Å². The Bertz CT molecular complexity index is 611. The van der Waals surface area contributed by atoms with Crippen molar-refractivity contribution in [2.45, 2.75) is 0 Å². The van der Waals surface area contributed by atoms with Gasteiger partial charge in [0.05, 0.1) is 24.0 Å². The summed E-state index contributed by atoms with van der Waals surface area (Å²) in [6, 6.07) is 12.3. The second-order valence-electron chi connectivity index (χ2n) is 3.99. The average molecular weight is 257 g/mol. The number of nitrogen functional groups attached to an aromatic ring is 1. The second-order valence-corrected chi connectivity index (χ2v) is 3.99. The van der Waals surface area contributed by atoms with Crippen molar-refractivity contribution in [3.05, 3.63) is 48.0 Å². The van der Waals surface area contributed by atoms with E-state index in [1.165, 1.54) is 0 Å². The third-order valence-corrected chi connectivity index (χ3v) is 2.70. The number of nitrogens with one attached hydrogen (secondary N) is 1. The summed E-state index contributed by atoms with van der Waals surface area (Å²) in [5.41, 5.74) is 13.3. The van der Waals surface area contributed by atoms with Crippen LogP contribution in [0.15, 0.2) is 42.5 Å². The van der Waals surface area contributed by atoms with Crippen LogP contribution >= 0.6 is 0 Å². The fourth-order valence-corrected chi connectivity index (χ4v) is 1.76. The molecule has 0 aliphatic carbocycles. The molecule has 0 heterocycles. The normalized spacial score (nSPS) is 9.95. The number of primary amides is 1. The summed E-state index contributed by atoms with van der Waals surface area (Å²) in [6.45, 7) is 0. The highest BCUT2D eigenvalue weighted by molar-refractivity contribution is 6.02. The Morgan fingerprint density at radius 3 is 2.63 bits per heavy atom. The van der Waals surface area contributed by atoms with Gasteiger partial charge in [-0.05, 0) is 24.3 Å². The molecule has 2 aromatic rings. The Kier molecular flexibility index (Phi) is 3.56. The van der Waals surface area contributed by atoms with Gasteiger partial charge in [-0.25, -0.2) is 0 Å². The number of benzene rings is 2. The van der Waals surface area contributed by atoms with Crippen molar-refractivity contribution in [2.75, 3.05) is 18.2 Å². The van der Waals surface area contributed by atoms with E-state index < -0.39 is 5.91 Å². The standard InChI is InChI=1S/C14H15N3O2/c1-19-10-5-2-4-9(8-10)17-13-11(14(16)18)6-3-7-12(13)15/h2-8,17H,15H2,1H3,(H2,16,18). The number of carbonyl (C=O) groups is 1. The van der Waals surface area contributed by atoms with Gasteiger partial charge in [0.2, 0.25) is 0 Å². The van der Waals surface area contributed by atoms with E-state index in [1.807, 2.05) is 18.2 Å². The van der Waals surface area contributed by atoms with E-state index in [2.05, 4.69) is 5.32 Å². The fourth-order valence-electron chi connectivity index (χ4n) is 1.76. The van der Waals surface area contributed by atoms with E-state index in [9.17, 15) is 4.79 Å². The first-order valence-corrected chi connectivity index (χ1v) is 5.71. The van der Waals surface area contributed by atoms with Gasteiger partial charge in [0.1, 0.15) is 5.75 Å². The summed E-state index contributed by atoms with van der Waals surface area (Å²) in [5.74, 6) is 0.179. The number of para-hydroxylation sites is 1. The Balaban J connectivity index is 2.40. The Morgan fingerprint density at radius 1 is 1.21 bits per heavy atom. The maximum absolute atomic E-state index is 11.4. The van der Waals surface area contributed by atoms with Crippen molar-refractivity contribution in [1.82, 2.24) is 0 Å². The summed E-state index contributed by atoms with van der Waals surface area (Å²) in [4.78, 5) is 11.4. The molecule has 1 amide bonds. The van der Waals surface area contributed by atoms with Gasteiger partial charge in [-0.15, -0.1) is 0 Å².